The minimum atomic E-state index is -0.981. The van der Waals surface area contributed by atoms with Gasteiger partial charge in [-0.3, -0.25) is 4.98 Å². The smallest absolute Gasteiger partial charge is 0.337 e. The Morgan fingerprint density at radius 3 is 3.10 bits per heavy atom. The minimum Gasteiger partial charge on any atom is -0.483 e. The standard InChI is InChI=1S/C15H10N2O3/c18-15(19)10-6-9-3-4-12-14(13(9)16-7-10)20-8-11-2-1-5-17(11)12/h1-7H,8H2,(H,18,19). The molecule has 2 aromatic heterocycles. The van der Waals surface area contributed by atoms with Gasteiger partial charge in [-0.1, -0.05) is 6.07 Å². The zero-order chi connectivity index (χ0) is 13.7. The lowest BCUT2D eigenvalue weighted by Crippen LogP contribution is -2.12. The summed E-state index contributed by atoms with van der Waals surface area (Å²) in [6.45, 7) is 0.488. The molecule has 0 saturated carbocycles. The topological polar surface area (TPSA) is 64.3 Å². The van der Waals surface area contributed by atoms with Gasteiger partial charge in [-0.25, -0.2) is 4.79 Å². The van der Waals surface area contributed by atoms with Crippen molar-refractivity contribution in [1.29, 1.82) is 0 Å². The summed E-state index contributed by atoms with van der Waals surface area (Å²) in [7, 11) is 0. The molecule has 0 atom stereocenters. The highest BCUT2D eigenvalue weighted by Crippen LogP contribution is 2.35. The van der Waals surface area contributed by atoms with Crippen LogP contribution in [-0.4, -0.2) is 20.6 Å². The van der Waals surface area contributed by atoms with Crippen LogP contribution in [0.15, 0.2) is 42.7 Å². The third-order valence-corrected chi connectivity index (χ3v) is 3.49. The SMILES string of the molecule is O=C(O)c1cnc2c3c(ccc2c1)-n1cccc1CO3. The van der Waals surface area contributed by atoms with Gasteiger partial charge in [0.1, 0.15) is 12.1 Å². The normalized spacial score (nSPS) is 12.6. The largest absolute Gasteiger partial charge is 0.483 e. The number of fused-ring (bicyclic) bond motifs is 5. The van der Waals surface area contributed by atoms with Crippen LogP contribution in [0.5, 0.6) is 5.75 Å². The van der Waals surface area contributed by atoms with Crippen molar-refractivity contribution in [2.24, 2.45) is 0 Å². The summed E-state index contributed by atoms with van der Waals surface area (Å²) in [6.07, 6.45) is 3.34. The van der Waals surface area contributed by atoms with Gasteiger partial charge in [0.25, 0.3) is 0 Å². The molecule has 1 N–H and O–H groups in total. The number of carboxylic acids is 1. The molecule has 0 amide bonds. The molecule has 20 heavy (non-hydrogen) atoms. The lowest BCUT2D eigenvalue weighted by molar-refractivity contribution is 0.0696. The molecule has 0 fully saturated rings. The minimum absolute atomic E-state index is 0.176. The molecule has 4 rings (SSSR count). The Hall–Kier alpha value is -2.82. The predicted molar refractivity (Wildman–Crippen MR) is 72.4 cm³/mol. The van der Waals surface area contributed by atoms with Gasteiger partial charge < -0.3 is 14.4 Å². The van der Waals surface area contributed by atoms with E-state index < -0.39 is 5.97 Å². The Morgan fingerprint density at radius 2 is 2.25 bits per heavy atom. The van der Waals surface area contributed by atoms with Crippen molar-refractivity contribution in [3.05, 3.63) is 54.0 Å². The van der Waals surface area contributed by atoms with Crippen LogP contribution in [0.4, 0.5) is 0 Å². The van der Waals surface area contributed by atoms with Crippen molar-refractivity contribution in [3.8, 4) is 11.4 Å². The molecule has 98 valence electrons. The van der Waals surface area contributed by atoms with Crippen LogP contribution in [0.2, 0.25) is 0 Å². The van der Waals surface area contributed by atoms with E-state index >= 15 is 0 Å². The van der Waals surface area contributed by atoms with Crippen LogP contribution >= 0.6 is 0 Å². The van der Waals surface area contributed by atoms with Crippen LogP contribution in [0.3, 0.4) is 0 Å². The summed E-state index contributed by atoms with van der Waals surface area (Å²) < 4.78 is 7.85. The number of carbonyl (C=O) groups is 1. The number of nitrogens with zero attached hydrogens (tertiary/aromatic N) is 2. The number of hydrogen-bond acceptors (Lipinski definition) is 3. The lowest BCUT2D eigenvalue weighted by Gasteiger charge is -2.21. The highest BCUT2D eigenvalue weighted by Gasteiger charge is 2.19. The maximum Gasteiger partial charge on any atom is 0.337 e. The summed E-state index contributed by atoms with van der Waals surface area (Å²) in [4.78, 5) is 15.2. The van der Waals surface area contributed by atoms with Crippen LogP contribution in [0, 0.1) is 0 Å². The second kappa shape index (κ2) is 3.84. The maximum atomic E-state index is 11.0. The molecular formula is C15H10N2O3. The van der Waals surface area contributed by atoms with Crippen LogP contribution in [-0.2, 0) is 6.61 Å². The van der Waals surface area contributed by atoms with Gasteiger partial charge in [0.05, 0.1) is 16.9 Å². The van der Waals surface area contributed by atoms with Gasteiger partial charge in [-0.05, 0) is 24.3 Å². The highest BCUT2D eigenvalue weighted by molar-refractivity contribution is 5.95. The van der Waals surface area contributed by atoms with E-state index in [-0.39, 0.29) is 5.56 Å². The van der Waals surface area contributed by atoms with Gasteiger partial charge in [0.2, 0.25) is 0 Å². The average molecular weight is 266 g/mol. The Bertz CT molecular complexity index is 851. The molecule has 0 bridgehead atoms. The van der Waals surface area contributed by atoms with E-state index in [9.17, 15) is 4.79 Å². The maximum absolute atomic E-state index is 11.0. The number of pyridine rings is 1. The zero-order valence-electron chi connectivity index (χ0n) is 10.4. The second-order valence-corrected chi connectivity index (χ2v) is 4.67. The zero-order valence-corrected chi connectivity index (χ0v) is 10.4. The molecule has 0 unspecified atom stereocenters. The van der Waals surface area contributed by atoms with E-state index in [1.165, 1.54) is 6.20 Å². The number of aromatic carboxylic acids is 1. The van der Waals surface area contributed by atoms with Crippen LogP contribution in [0.25, 0.3) is 16.6 Å². The summed E-state index contributed by atoms with van der Waals surface area (Å²) in [5.74, 6) is -0.283. The van der Waals surface area contributed by atoms with Crippen molar-refractivity contribution in [2.75, 3.05) is 0 Å². The van der Waals surface area contributed by atoms with Crippen molar-refractivity contribution in [2.45, 2.75) is 6.61 Å². The van der Waals surface area contributed by atoms with E-state index in [1.54, 1.807) is 6.07 Å². The summed E-state index contributed by atoms with van der Waals surface area (Å²) in [6, 6.07) is 9.38. The van der Waals surface area contributed by atoms with E-state index in [1.807, 2.05) is 30.5 Å². The number of carboxylic acid groups (broad SMARTS) is 1. The molecule has 1 aromatic carbocycles. The molecule has 3 heterocycles. The van der Waals surface area contributed by atoms with Crippen molar-refractivity contribution in [3.63, 3.8) is 0 Å². The summed E-state index contributed by atoms with van der Waals surface area (Å²) >= 11 is 0. The third kappa shape index (κ3) is 1.43. The number of benzene rings is 1. The first kappa shape index (κ1) is 11.0. The molecule has 1 aliphatic rings. The van der Waals surface area contributed by atoms with Crippen LogP contribution in [0.1, 0.15) is 16.1 Å². The summed E-state index contributed by atoms with van der Waals surface area (Å²) in [5.41, 5.74) is 2.88. The van der Waals surface area contributed by atoms with Gasteiger partial charge in [-0.15, -0.1) is 0 Å². The quantitative estimate of drug-likeness (QED) is 0.735. The number of aromatic nitrogens is 2. The Labute approximate surface area is 114 Å². The Morgan fingerprint density at radius 1 is 1.35 bits per heavy atom. The molecular weight excluding hydrogens is 256 g/mol. The average Bonchev–Trinajstić information content (AvgIpc) is 2.94. The van der Waals surface area contributed by atoms with Crippen molar-refractivity contribution in [1.82, 2.24) is 9.55 Å². The van der Waals surface area contributed by atoms with Gasteiger partial charge in [0.15, 0.2) is 5.75 Å². The fourth-order valence-electron chi connectivity index (χ4n) is 2.53. The Kier molecular flexibility index (Phi) is 2.12. The number of ether oxygens (including phenoxy) is 1. The van der Waals surface area contributed by atoms with E-state index in [0.717, 1.165) is 16.8 Å². The van der Waals surface area contributed by atoms with Gasteiger partial charge >= 0.3 is 5.97 Å². The number of hydrogen-bond donors (Lipinski definition) is 1. The molecule has 0 radical (unpaired) electrons. The molecule has 3 aromatic rings. The molecule has 5 heteroatoms. The van der Waals surface area contributed by atoms with Crippen molar-refractivity contribution >= 4 is 16.9 Å². The molecule has 0 saturated heterocycles. The number of rotatable bonds is 1. The highest BCUT2D eigenvalue weighted by atomic mass is 16.5. The first-order valence-electron chi connectivity index (χ1n) is 6.19. The van der Waals surface area contributed by atoms with E-state index in [2.05, 4.69) is 9.55 Å². The van der Waals surface area contributed by atoms with Gasteiger partial charge in [-0.2, -0.15) is 0 Å². The van der Waals surface area contributed by atoms with Gasteiger partial charge in [0, 0.05) is 17.8 Å². The molecule has 5 nitrogen and oxygen atoms in total. The molecule has 1 aliphatic heterocycles. The molecule has 0 aliphatic carbocycles. The fourth-order valence-corrected chi connectivity index (χ4v) is 2.53. The van der Waals surface area contributed by atoms with E-state index in [4.69, 9.17) is 9.84 Å². The molecule has 0 spiro atoms. The third-order valence-electron chi connectivity index (χ3n) is 3.49. The summed E-state index contributed by atoms with van der Waals surface area (Å²) in [5, 5.41) is 9.77. The Balaban J connectivity index is 2.00. The van der Waals surface area contributed by atoms with Crippen LogP contribution < -0.4 is 4.74 Å². The first-order valence-corrected chi connectivity index (χ1v) is 6.19. The fraction of sp³-hybridized carbons (Fsp3) is 0.0667. The van der Waals surface area contributed by atoms with E-state index in [0.29, 0.717) is 17.9 Å². The predicted octanol–water partition coefficient (Wildman–Crippen LogP) is 2.62. The monoisotopic (exact) mass is 266 g/mol. The second-order valence-electron chi connectivity index (χ2n) is 4.67. The first-order chi connectivity index (χ1) is 9.74. The van der Waals surface area contributed by atoms with Crippen molar-refractivity contribution < 1.29 is 14.6 Å². The lowest BCUT2D eigenvalue weighted by atomic mass is 10.1.